The van der Waals surface area contributed by atoms with Gasteiger partial charge in [-0.1, -0.05) is 0 Å². The van der Waals surface area contributed by atoms with Gasteiger partial charge in [0.25, 0.3) is 0 Å². The van der Waals surface area contributed by atoms with Crippen LogP contribution in [0.25, 0.3) is 0 Å². The summed E-state index contributed by atoms with van der Waals surface area (Å²) < 4.78 is 26.6. The minimum atomic E-state index is -3.08. The molecule has 0 aromatic carbocycles. The topological polar surface area (TPSA) is 80.1 Å². The summed E-state index contributed by atoms with van der Waals surface area (Å²) in [6, 6.07) is 0. The van der Waals surface area contributed by atoms with E-state index in [0.29, 0.717) is 25.6 Å². The van der Waals surface area contributed by atoms with E-state index < -0.39 is 10.0 Å². The Labute approximate surface area is 114 Å². The number of piperidine rings is 1. The number of nitrogens with zero attached hydrogens (tertiary/aromatic N) is 4. The predicted octanol–water partition coefficient (Wildman–Crippen LogP) is -0.331. The molecule has 7 nitrogen and oxygen atoms in total. The Kier molecular flexibility index (Phi) is 4.54. The minimum Gasteiger partial charge on any atom is -0.313 e. The summed E-state index contributed by atoms with van der Waals surface area (Å²) in [7, 11) is -1.22. The molecule has 0 aliphatic carbocycles. The highest BCUT2D eigenvalue weighted by Gasteiger charge is 2.26. The van der Waals surface area contributed by atoms with E-state index in [-0.39, 0.29) is 0 Å². The van der Waals surface area contributed by atoms with Crippen LogP contribution in [0.2, 0.25) is 0 Å². The Balaban J connectivity index is 2.01. The normalized spacial score (nSPS) is 21.7. The maximum absolute atomic E-state index is 11.6. The lowest BCUT2D eigenvalue weighted by Gasteiger charge is -2.30. The number of hydrogen-bond donors (Lipinski definition) is 1. The maximum Gasteiger partial charge on any atom is 0.211 e. The molecule has 19 heavy (non-hydrogen) atoms. The lowest BCUT2D eigenvalue weighted by molar-refractivity contribution is 0.238. The van der Waals surface area contributed by atoms with Crippen molar-refractivity contribution in [3.05, 3.63) is 12.2 Å². The highest BCUT2D eigenvalue weighted by atomic mass is 32.2. The average Bonchev–Trinajstić information content (AvgIpc) is 2.77. The number of sulfonamides is 1. The van der Waals surface area contributed by atoms with Crippen LogP contribution in [0.3, 0.4) is 0 Å². The molecule has 1 atom stereocenters. The lowest BCUT2D eigenvalue weighted by atomic mass is 10.00. The third kappa shape index (κ3) is 3.74. The van der Waals surface area contributed by atoms with Crippen molar-refractivity contribution in [1.29, 1.82) is 0 Å². The molecule has 0 saturated carbocycles. The lowest BCUT2D eigenvalue weighted by Crippen LogP contribution is -2.40. The molecule has 1 aromatic heterocycles. The molecule has 1 unspecified atom stereocenters. The molecule has 1 N–H and O–H groups in total. The Morgan fingerprint density at radius 2 is 2.32 bits per heavy atom. The molecule has 8 heteroatoms. The Morgan fingerprint density at radius 1 is 1.53 bits per heavy atom. The smallest absolute Gasteiger partial charge is 0.211 e. The highest BCUT2D eigenvalue weighted by Crippen LogP contribution is 2.20. The Bertz CT molecular complexity index is 513. The second-order valence-electron chi connectivity index (χ2n) is 5.02. The van der Waals surface area contributed by atoms with Crippen LogP contribution in [0, 0.1) is 5.92 Å². The van der Waals surface area contributed by atoms with Crippen LogP contribution in [-0.4, -0.2) is 53.9 Å². The number of aromatic nitrogens is 3. The first-order valence-corrected chi connectivity index (χ1v) is 8.32. The van der Waals surface area contributed by atoms with Crippen LogP contribution in [0.1, 0.15) is 18.7 Å². The van der Waals surface area contributed by atoms with Crippen LogP contribution in [0.4, 0.5) is 0 Å². The monoisotopic (exact) mass is 287 g/mol. The molecule has 108 valence electrons. The third-order valence-electron chi connectivity index (χ3n) is 3.41. The van der Waals surface area contributed by atoms with Gasteiger partial charge in [0, 0.05) is 19.6 Å². The van der Waals surface area contributed by atoms with Gasteiger partial charge in [0.1, 0.15) is 12.2 Å². The van der Waals surface area contributed by atoms with Crippen molar-refractivity contribution >= 4 is 10.0 Å². The van der Waals surface area contributed by atoms with Gasteiger partial charge >= 0.3 is 0 Å². The van der Waals surface area contributed by atoms with Gasteiger partial charge < -0.3 is 5.32 Å². The molecule has 0 amide bonds. The SMILES string of the molecule is CNCc1ncnn1CC1CCCN(S(C)(=O)=O)C1. The molecular weight excluding hydrogens is 266 g/mol. The molecule has 1 aliphatic rings. The number of rotatable bonds is 5. The highest BCUT2D eigenvalue weighted by molar-refractivity contribution is 7.88. The van der Waals surface area contributed by atoms with Crippen molar-refractivity contribution in [3.63, 3.8) is 0 Å². The van der Waals surface area contributed by atoms with E-state index >= 15 is 0 Å². The van der Waals surface area contributed by atoms with Crippen molar-refractivity contribution in [3.8, 4) is 0 Å². The fourth-order valence-electron chi connectivity index (χ4n) is 2.46. The summed E-state index contributed by atoms with van der Waals surface area (Å²) in [6.45, 7) is 2.61. The zero-order valence-corrected chi connectivity index (χ0v) is 12.2. The van der Waals surface area contributed by atoms with Gasteiger partial charge in [-0.25, -0.2) is 22.4 Å². The molecule has 0 bridgehead atoms. The molecule has 1 aromatic rings. The van der Waals surface area contributed by atoms with Gasteiger partial charge in [-0.15, -0.1) is 0 Å². The van der Waals surface area contributed by atoms with E-state index in [4.69, 9.17) is 0 Å². The second-order valence-corrected chi connectivity index (χ2v) is 7.00. The number of nitrogens with one attached hydrogen (secondary N) is 1. The van der Waals surface area contributed by atoms with Gasteiger partial charge in [0.15, 0.2) is 0 Å². The second kappa shape index (κ2) is 5.98. The van der Waals surface area contributed by atoms with Crippen molar-refractivity contribution in [2.24, 2.45) is 5.92 Å². The van der Waals surface area contributed by atoms with Crippen LogP contribution < -0.4 is 5.32 Å². The summed E-state index contributed by atoms with van der Waals surface area (Å²) in [5.41, 5.74) is 0. The summed E-state index contributed by atoms with van der Waals surface area (Å²) in [6.07, 6.45) is 4.76. The zero-order chi connectivity index (χ0) is 13.9. The molecule has 0 spiro atoms. The van der Waals surface area contributed by atoms with Gasteiger partial charge in [-0.05, 0) is 25.8 Å². The standard InChI is InChI=1S/C11H21N5O2S/c1-12-6-11-13-9-14-16(11)8-10-4-3-5-15(7-10)19(2,17)18/h9-10,12H,3-8H2,1-2H3. The van der Waals surface area contributed by atoms with E-state index in [1.165, 1.54) is 6.26 Å². The van der Waals surface area contributed by atoms with Gasteiger partial charge in [0.05, 0.1) is 12.8 Å². The van der Waals surface area contributed by atoms with E-state index in [2.05, 4.69) is 15.4 Å². The molecule has 2 rings (SSSR count). The van der Waals surface area contributed by atoms with Gasteiger partial charge in [-0.2, -0.15) is 5.10 Å². The maximum atomic E-state index is 11.6. The van der Waals surface area contributed by atoms with Crippen molar-refractivity contribution in [2.45, 2.75) is 25.9 Å². The van der Waals surface area contributed by atoms with E-state index in [1.807, 2.05) is 11.7 Å². The summed E-state index contributed by atoms with van der Waals surface area (Å²) >= 11 is 0. The molecule has 0 radical (unpaired) electrons. The molecule has 1 saturated heterocycles. The Hall–Kier alpha value is -0.990. The van der Waals surface area contributed by atoms with Crippen LogP contribution >= 0.6 is 0 Å². The van der Waals surface area contributed by atoms with Crippen molar-refractivity contribution in [1.82, 2.24) is 24.4 Å². The van der Waals surface area contributed by atoms with E-state index in [1.54, 1.807) is 10.6 Å². The molecular formula is C11H21N5O2S. The van der Waals surface area contributed by atoms with Crippen molar-refractivity contribution < 1.29 is 8.42 Å². The fraction of sp³-hybridized carbons (Fsp3) is 0.818. The van der Waals surface area contributed by atoms with E-state index in [0.717, 1.165) is 25.2 Å². The predicted molar refractivity (Wildman–Crippen MR) is 71.9 cm³/mol. The van der Waals surface area contributed by atoms with E-state index in [9.17, 15) is 8.42 Å². The van der Waals surface area contributed by atoms with Gasteiger partial charge in [-0.3, -0.25) is 0 Å². The number of hydrogen-bond acceptors (Lipinski definition) is 5. The quantitative estimate of drug-likeness (QED) is 0.802. The molecule has 1 fully saturated rings. The first kappa shape index (κ1) is 14.4. The van der Waals surface area contributed by atoms with Crippen LogP contribution in [0.15, 0.2) is 6.33 Å². The first-order valence-electron chi connectivity index (χ1n) is 6.47. The summed E-state index contributed by atoms with van der Waals surface area (Å²) in [5, 5.41) is 7.26. The van der Waals surface area contributed by atoms with Crippen molar-refractivity contribution in [2.75, 3.05) is 26.4 Å². The first-order chi connectivity index (χ1) is 9.00. The average molecular weight is 287 g/mol. The fourth-order valence-corrected chi connectivity index (χ4v) is 3.40. The zero-order valence-electron chi connectivity index (χ0n) is 11.4. The third-order valence-corrected chi connectivity index (χ3v) is 4.68. The van der Waals surface area contributed by atoms with Crippen LogP contribution in [-0.2, 0) is 23.1 Å². The summed E-state index contributed by atoms with van der Waals surface area (Å²) in [5.74, 6) is 1.19. The summed E-state index contributed by atoms with van der Waals surface area (Å²) in [4.78, 5) is 4.20. The van der Waals surface area contributed by atoms with Crippen LogP contribution in [0.5, 0.6) is 0 Å². The van der Waals surface area contributed by atoms with Gasteiger partial charge in [0.2, 0.25) is 10.0 Å². The molecule has 2 heterocycles. The Morgan fingerprint density at radius 3 is 3.00 bits per heavy atom. The largest absolute Gasteiger partial charge is 0.313 e. The minimum absolute atomic E-state index is 0.306. The molecule has 1 aliphatic heterocycles.